The van der Waals surface area contributed by atoms with Gasteiger partial charge in [-0.3, -0.25) is 4.79 Å². The van der Waals surface area contributed by atoms with Crippen LogP contribution in [0.3, 0.4) is 0 Å². The quantitative estimate of drug-likeness (QED) is 0.0895. The number of hydrogen-bond acceptors (Lipinski definition) is 7. The van der Waals surface area contributed by atoms with Crippen molar-refractivity contribution < 1.29 is 14.3 Å². The highest BCUT2D eigenvalue weighted by Crippen LogP contribution is 2.36. The highest BCUT2D eigenvalue weighted by Gasteiger charge is 2.13. The number of carbonyl (C=O) groups excluding carboxylic acids is 1. The van der Waals surface area contributed by atoms with Gasteiger partial charge in [-0.15, -0.1) is 11.3 Å². The smallest absolute Gasteiger partial charge is 0.271 e. The van der Waals surface area contributed by atoms with Crippen LogP contribution in [0, 0.1) is 0 Å². The predicted molar refractivity (Wildman–Crippen MR) is 165 cm³/mol. The van der Waals surface area contributed by atoms with Gasteiger partial charge in [-0.1, -0.05) is 68.1 Å². The van der Waals surface area contributed by atoms with Crippen LogP contribution in [0.4, 0.5) is 10.8 Å². The van der Waals surface area contributed by atoms with Crippen molar-refractivity contribution in [3.8, 4) is 22.8 Å². The second-order valence-corrected chi connectivity index (χ2v) is 10.2. The Hall–Kier alpha value is -3.88. The van der Waals surface area contributed by atoms with Gasteiger partial charge in [-0.25, -0.2) is 10.4 Å². The lowest BCUT2D eigenvalue weighted by atomic mass is 10.1. The molecule has 0 bridgehead atoms. The van der Waals surface area contributed by atoms with Crippen molar-refractivity contribution in [1.29, 1.82) is 0 Å². The number of para-hydroxylation sites is 1. The fraction of sp³-hybridized carbons (Fsp3) is 0.258. The van der Waals surface area contributed by atoms with Gasteiger partial charge < -0.3 is 14.8 Å². The maximum atomic E-state index is 12.7. The summed E-state index contributed by atoms with van der Waals surface area (Å²) in [6, 6.07) is 20.7. The first-order valence-electron chi connectivity index (χ1n) is 13.4. The fourth-order valence-electron chi connectivity index (χ4n) is 3.90. The molecule has 0 aliphatic heterocycles. The number of hydrazone groups is 1. The fourth-order valence-corrected chi connectivity index (χ4v) is 4.91. The number of amides is 1. The molecule has 0 spiro atoms. The first kappa shape index (κ1) is 29.1. The van der Waals surface area contributed by atoms with Crippen LogP contribution >= 0.6 is 22.9 Å². The standard InChI is InChI=1S/C31H33ClN4O3S/c1-3-5-6-10-17-39-29-26(32)18-22(19-28(29)38-4-2)20-33-36-30(37)24-15-13-23(14-16-24)27-21-40-31(35-27)34-25-11-8-7-9-12-25/h7-9,11-16,18-21H,3-6,10,17H2,1-2H3,(H,34,35)(H,36,37)/b33-20+. The van der Waals surface area contributed by atoms with E-state index in [1.54, 1.807) is 24.3 Å². The van der Waals surface area contributed by atoms with Gasteiger partial charge in [-0.05, 0) is 55.3 Å². The Kier molecular flexibility index (Phi) is 11.0. The zero-order valence-electron chi connectivity index (χ0n) is 22.7. The van der Waals surface area contributed by atoms with Crippen LogP contribution in [0.15, 0.2) is 77.2 Å². The summed E-state index contributed by atoms with van der Waals surface area (Å²) in [4.78, 5) is 17.3. The van der Waals surface area contributed by atoms with Crippen molar-refractivity contribution >= 4 is 45.9 Å². The summed E-state index contributed by atoms with van der Waals surface area (Å²) in [6.45, 7) is 5.13. The van der Waals surface area contributed by atoms with Crippen molar-refractivity contribution in [2.24, 2.45) is 5.10 Å². The van der Waals surface area contributed by atoms with Crippen LogP contribution in [0.1, 0.15) is 55.5 Å². The van der Waals surface area contributed by atoms with Crippen molar-refractivity contribution in [3.05, 3.63) is 88.3 Å². The average Bonchev–Trinajstić information content (AvgIpc) is 3.43. The van der Waals surface area contributed by atoms with E-state index in [1.165, 1.54) is 30.4 Å². The van der Waals surface area contributed by atoms with Crippen LogP contribution < -0.4 is 20.2 Å². The van der Waals surface area contributed by atoms with E-state index >= 15 is 0 Å². The van der Waals surface area contributed by atoms with Gasteiger partial charge in [-0.2, -0.15) is 5.10 Å². The Morgan fingerprint density at radius 3 is 2.58 bits per heavy atom. The van der Waals surface area contributed by atoms with Crippen molar-refractivity contribution in [2.75, 3.05) is 18.5 Å². The van der Waals surface area contributed by atoms with Gasteiger partial charge in [0.05, 0.1) is 30.1 Å². The number of anilines is 2. The monoisotopic (exact) mass is 576 g/mol. The van der Waals surface area contributed by atoms with E-state index in [-0.39, 0.29) is 5.91 Å². The number of aromatic nitrogens is 1. The molecule has 40 heavy (non-hydrogen) atoms. The molecule has 0 atom stereocenters. The maximum Gasteiger partial charge on any atom is 0.271 e. The molecule has 0 radical (unpaired) electrons. The number of thiazole rings is 1. The minimum atomic E-state index is -0.323. The van der Waals surface area contributed by atoms with E-state index in [1.807, 2.05) is 54.8 Å². The van der Waals surface area contributed by atoms with Crippen LogP contribution in [0.5, 0.6) is 11.5 Å². The first-order chi connectivity index (χ1) is 19.6. The van der Waals surface area contributed by atoms with Crippen molar-refractivity contribution in [2.45, 2.75) is 39.5 Å². The minimum absolute atomic E-state index is 0.323. The predicted octanol–water partition coefficient (Wildman–Crippen LogP) is 8.33. The number of nitrogens with zero attached hydrogens (tertiary/aromatic N) is 2. The summed E-state index contributed by atoms with van der Waals surface area (Å²) in [5.74, 6) is 0.762. The lowest BCUT2D eigenvalue weighted by molar-refractivity contribution is 0.0955. The van der Waals surface area contributed by atoms with Gasteiger partial charge in [0.2, 0.25) is 0 Å². The van der Waals surface area contributed by atoms with Crippen LogP contribution in [0.2, 0.25) is 5.02 Å². The number of hydrogen-bond donors (Lipinski definition) is 2. The molecule has 0 aliphatic rings. The third-order valence-electron chi connectivity index (χ3n) is 5.93. The van der Waals surface area contributed by atoms with E-state index < -0.39 is 0 Å². The third kappa shape index (κ3) is 8.31. The summed E-state index contributed by atoms with van der Waals surface area (Å²) in [5, 5.41) is 10.6. The molecule has 4 rings (SSSR count). The van der Waals surface area contributed by atoms with E-state index in [2.05, 4.69) is 27.8 Å². The van der Waals surface area contributed by atoms with Crippen molar-refractivity contribution in [1.82, 2.24) is 10.4 Å². The molecule has 0 saturated carbocycles. The number of nitrogens with one attached hydrogen (secondary N) is 2. The van der Waals surface area contributed by atoms with E-state index in [0.29, 0.717) is 40.9 Å². The lowest BCUT2D eigenvalue weighted by Crippen LogP contribution is -2.17. The highest BCUT2D eigenvalue weighted by molar-refractivity contribution is 7.14. The molecule has 0 aliphatic carbocycles. The molecular formula is C31H33ClN4O3S. The van der Waals surface area contributed by atoms with Crippen LogP contribution in [0.25, 0.3) is 11.3 Å². The maximum absolute atomic E-state index is 12.7. The molecule has 0 unspecified atom stereocenters. The summed E-state index contributed by atoms with van der Waals surface area (Å²) in [6.07, 6.45) is 5.95. The minimum Gasteiger partial charge on any atom is -0.490 e. The highest BCUT2D eigenvalue weighted by atomic mass is 35.5. The van der Waals surface area contributed by atoms with E-state index in [0.717, 1.165) is 34.9 Å². The summed E-state index contributed by atoms with van der Waals surface area (Å²) in [5.41, 5.74) is 6.48. The van der Waals surface area contributed by atoms with Gasteiger partial charge in [0.25, 0.3) is 5.91 Å². The number of rotatable bonds is 14. The topological polar surface area (TPSA) is 84.8 Å². The largest absolute Gasteiger partial charge is 0.490 e. The number of benzene rings is 3. The molecular weight excluding hydrogens is 544 g/mol. The van der Waals surface area contributed by atoms with Gasteiger partial charge >= 0.3 is 0 Å². The Bertz CT molecular complexity index is 1410. The molecule has 9 heteroatoms. The molecule has 0 saturated heterocycles. The van der Waals surface area contributed by atoms with Crippen LogP contribution in [-0.2, 0) is 0 Å². The van der Waals surface area contributed by atoms with Crippen LogP contribution in [-0.4, -0.2) is 30.3 Å². The molecule has 3 aromatic carbocycles. The Labute approximate surface area is 244 Å². The van der Waals surface area contributed by atoms with E-state index in [9.17, 15) is 4.79 Å². The second kappa shape index (κ2) is 15.1. The van der Waals surface area contributed by atoms with Gasteiger partial charge in [0.15, 0.2) is 16.6 Å². The number of halogens is 1. The van der Waals surface area contributed by atoms with Gasteiger partial charge in [0.1, 0.15) is 0 Å². The second-order valence-electron chi connectivity index (χ2n) is 8.98. The number of carbonyl (C=O) groups is 1. The molecule has 4 aromatic rings. The lowest BCUT2D eigenvalue weighted by Gasteiger charge is -2.14. The summed E-state index contributed by atoms with van der Waals surface area (Å²) < 4.78 is 11.7. The molecule has 7 nitrogen and oxygen atoms in total. The van der Waals surface area contributed by atoms with Crippen molar-refractivity contribution in [3.63, 3.8) is 0 Å². The Morgan fingerprint density at radius 1 is 1.02 bits per heavy atom. The third-order valence-corrected chi connectivity index (χ3v) is 6.97. The normalized spacial score (nSPS) is 11.0. The molecule has 2 N–H and O–H groups in total. The first-order valence-corrected chi connectivity index (χ1v) is 14.6. The van der Waals surface area contributed by atoms with Gasteiger partial charge in [0, 0.05) is 22.2 Å². The SMILES string of the molecule is CCCCCCOc1c(Cl)cc(/C=N/NC(=O)c2ccc(-c3csc(Nc4ccccc4)n3)cc2)cc1OCC. The zero-order chi connectivity index (χ0) is 28.2. The Balaban J connectivity index is 1.34. The summed E-state index contributed by atoms with van der Waals surface area (Å²) in [7, 11) is 0. The molecule has 208 valence electrons. The number of unbranched alkanes of at least 4 members (excludes halogenated alkanes) is 3. The molecule has 1 heterocycles. The average molecular weight is 577 g/mol. The molecule has 0 fully saturated rings. The Morgan fingerprint density at radius 2 is 1.82 bits per heavy atom. The molecule has 1 amide bonds. The summed E-state index contributed by atoms with van der Waals surface area (Å²) >= 11 is 8.02. The number of ether oxygens (including phenoxy) is 2. The van der Waals surface area contributed by atoms with E-state index in [4.69, 9.17) is 21.1 Å². The zero-order valence-corrected chi connectivity index (χ0v) is 24.2. The molecule has 1 aromatic heterocycles.